The molecule has 1 aliphatic heterocycles. The topological polar surface area (TPSA) is 89.0 Å². The molecule has 7 nitrogen and oxygen atoms in total. The molecule has 0 aliphatic carbocycles. The second-order valence-electron chi connectivity index (χ2n) is 9.45. The number of nitrogens with zero attached hydrogens (tertiary/aromatic N) is 2. The standard InChI is InChI=1S/C31H28N2O5S/c1-6-13-38-22-10-7-20(8-11-22)27-25(28(34)21-9-12-23(37-5)18(3)16-21)29(35)30(36)33(27)31-32-26-19(4)14-17(2)15-24(26)39-31/h6-12,14-16,27,34H,1,13H2,2-5H3/b28-25+/t27-/m0/s1. The lowest BCUT2D eigenvalue weighted by Crippen LogP contribution is -2.29. The molecule has 1 saturated heterocycles. The van der Waals surface area contributed by atoms with Gasteiger partial charge in [-0.3, -0.25) is 14.5 Å². The zero-order valence-electron chi connectivity index (χ0n) is 22.1. The highest BCUT2D eigenvalue weighted by Gasteiger charge is 2.48. The summed E-state index contributed by atoms with van der Waals surface area (Å²) in [7, 11) is 1.57. The van der Waals surface area contributed by atoms with E-state index in [-0.39, 0.29) is 11.3 Å². The van der Waals surface area contributed by atoms with Crippen LogP contribution in [-0.2, 0) is 9.59 Å². The number of thiazole rings is 1. The van der Waals surface area contributed by atoms with Crippen molar-refractivity contribution in [2.24, 2.45) is 0 Å². The van der Waals surface area contributed by atoms with E-state index in [1.807, 2.05) is 32.9 Å². The molecule has 1 N–H and O–H groups in total. The van der Waals surface area contributed by atoms with Gasteiger partial charge >= 0.3 is 5.91 Å². The Kier molecular flexibility index (Phi) is 6.97. The number of aromatic nitrogens is 1. The van der Waals surface area contributed by atoms with Gasteiger partial charge in [0.25, 0.3) is 5.78 Å². The van der Waals surface area contributed by atoms with Crippen LogP contribution < -0.4 is 14.4 Å². The van der Waals surface area contributed by atoms with Crippen molar-refractivity contribution >= 4 is 44.1 Å². The smallest absolute Gasteiger partial charge is 0.301 e. The number of aliphatic hydroxyl groups excluding tert-OH is 1. The molecule has 1 aliphatic rings. The molecule has 0 saturated carbocycles. The summed E-state index contributed by atoms with van der Waals surface area (Å²) in [6.07, 6.45) is 1.65. The molecule has 1 amide bonds. The van der Waals surface area contributed by atoms with E-state index in [1.165, 1.54) is 16.2 Å². The first kappa shape index (κ1) is 26.2. The Morgan fingerprint density at radius 2 is 1.82 bits per heavy atom. The van der Waals surface area contributed by atoms with E-state index in [0.717, 1.165) is 26.9 Å². The monoisotopic (exact) mass is 540 g/mol. The summed E-state index contributed by atoms with van der Waals surface area (Å²) in [5, 5.41) is 11.9. The van der Waals surface area contributed by atoms with Crippen molar-refractivity contribution in [3.63, 3.8) is 0 Å². The lowest BCUT2D eigenvalue weighted by molar-refractivity contribution is -0.132. The minimum Gasteiger partial charge on any atom is -0.507 e. The van der Waals surface area contributed by atoms with Crippen LogP contribution in [0.1, 0.15) is 33.9 Å². The SMILES string of the molecule is C=CCOc1ccc([C@H]2/C(=C(\O)c3ccc(OC)c(C)c3)C(=O)C(=O)N2c2nc3c(C)cc(C)cc3s2)cc1. The van der Waals surface area contributed by atoms with Gasteiger partial charge < -0.3 is 14.6 Å². The molecule has 3 aromatic carbocycles. The molecule has 0 spiro atoms. The molecule has 5 rings (SSSR count). The highest BCUT2D eigenvalue weighted by atomic mass is 32.1. The zero-order chi connectivity index (χ0) is 27.8. The largest absolute Gasteiger partial charge is 0.507 e. The van der Waals surface area contributed by atoms with Crippen LogP contribution in [-0.4, -0.2) is 35.5 Å². The quantitative estimate of drug-likeness (QED) is 0.126. The molecule has 1 atom stereocenters. The van der Waals surface area contributed by atoms with Crippen molar-refractivity contribution in [1.29, 1.82) is 0 Å². The van der Waals surface area contributed by atoms with Gasteiger partial charge in [-0.2, -0.15) is 0 Å². The number of rotatable bonds is 7. The van der Waals surface area contributed by atoms with Crippen LogP contribution in [0.2, 0.25) is 0 Å². The summed E-state index contributed by atoms with van der Waals surface area (Å²) < 4.78 is 11.9. The minimum atomic E-state index is -0.886. The number of Topliss-reactive ketones (excluding diaryl/α,β-unsaturated/α-hetero) is 1. The average Bonchev–Trinajstić information content (AvgIpc) is 3.45. The number of carbonyl (C=O) groups excluding carboxylic acids is 2. The van der Waals surface area contributed by atoms with Crippen LogP contribution in [0.15, 0.2) is 72.8 Å². The zero-order valence-corrected chi connectivity index (χ0v) is 23.0. The van der Waals surface area contributed by atoms with Crippen LogP contribution in [0.3, 0.4) is 0 Å². The third-order valence-corrected chi connectivity index (χ3v) is 7.70. The Morgan fingerprint density at radius 3 is 2.49 bits per heavy atom. The first-order chi connectivity index (χ1) is 18.7. The van der Waals surface area contributed by atoms with Crippen molar-refractivity contribution < 1.29 is 24.2 Å². The Morgan fingerprint density at radius 1 is 1.08 bits per heavy atom. The first-order valence-electron chi connectivity index (χ1n) is 12.4. The molecule has 1 fully saturated rings. The lowest BCUT2D eigenvalue weighted by Gasteiger charge is -2.23. The van der Waals surface area contributed by atoms with Gasteiger partial charge in [0.2, 0.25) is 0 Å². The van der Waals surface area contributed by atoms with Crippen LogP contribution in [0.4, 0.5) is 5.13 Å². The molecular weight excluding hydrogens is 512 g/mol. The van der Waals surface area contributed by atoms with Crippen LogP contribution in [0.5, 0.6) is 11.5 Å². The third kappa shape index (κ3) is 4.68. The molecule has 8 heteroatoms. The van der Waals surface area contributed by atoms with Crippen LogP contribution >= 0.6 is 11.3 Å². The van der Waals surface area contributed by atoms with Gasteiger partial charge in [0.05, 0.1) is 28.9 Å². The Labute approximate surface area is 230 Å². The van der Waals surface area contributed by atoms with Gasteiger partial charge in [-0.25, -0.2) is 4.98 Å². The number of benzene rings is 3. The number of ketones is 1. The Hall–Kier alpha value is -4.43. The van der Waals surface area contributed by atoms with E-state index in [0.29, 0.717) is 34.4 Å². The average molecular weight is 541 g/mol. The first-order valence-corrected chi connectivity index (χ1v) is 13.2. The van der Waals surface area contributed by atoms with Crippen molar-refractivity contribution in [2.75, 3.05) is 18.6 Å². The van der Waals surface area contributed by atoms with E-state index in [1.54, 1.807) is 55.7 Å². The second-order valence-corrected chi connectivity index (χ2v) is 10.5. The fourth-order valence-electron chi connectivity index (χ4n) is 4.89. The van der Waals surface area contributed by atoms with Gasteiger partial charge in [-0.1, -0.05) is 42.2 Å². The molecule has 4 aromatic rings. The summed E-state index contributed by atoms with van der Waals surface area (Å²) in [6, 6.07) is 15.4. The maximum Gasteiger partial charge on any atom is 0.301 e. The number of carbonyl (C=O) groups is 2. The number of hydrogen-bond donors (Lipinski definition) is 1. The van der Waals surface area contributed by atoms with E-state index in [4.69, 9.17) is 14.5 Å². The van der Waals surface area contributed by atoms with Crippen molar-refractivity contribution in [3.8, 4) is 11.5 Å². The lowest BCUT2D eigenvalue weighted by atomic mass is 9.95. The number of aryl methyl sites for hydroxylation is 3. The number of amides is 1. The van der Waals surface area contributed by atoms with Gasteiger partial charge in [-0.05, 0) is 79.4 Å². The van der Waals surface area contributed by atoms with Crippen LogP contribution in [0.25, 0.3) is 16.0 Å². The van der Waals surface area contributed by atoms with Crippen molar-refractivity contribution in [3.05, 3.63) is 101 Å². The third-order valence-electron chi connectivity index (χ3n) is 6.70. The van der Waals surface area contributed by atoms with Crippen molar-refractivity contribution in [2.45, 2.75) is 26.8 Å². The van der Waals surface area contributed by atoms with Gasteiger partial charge in [0.1, 0.15) is 23.9 Å². The molecule has 1 aromatic heterocycles. The Bertz CT molecular complexity index is 1650. The van der Waals surface area contributed by atoms with E-state index in [9.17, 15) is 14.7 Å². The molecule has 0 bridgehead atoms. The summed E-state index contributed by atoms with van der Waals surface area (Å²) in [5.41, 5.74) is 4.68. The van der Waals surface area contributed by atoms with Gasteiger partial charge in [0, 0.05) is 5.56 Å². The molecule has 0 unspecified atom stereocenters. The summed E-state index contributed by atoms with van der Waals surface area (Å²) in [5.74, 6) is -0.504. The summed E-state index contributed by atoms with van der Waals surface area (Å²) in [4.78, 5) is 33.3. The number of hydrogen-bond acceptors (Lipinski definition) is 7. The fraction of sp³-hybridized carbons (Fsp3) is 0.194. The highest BCUT2D eigenvalue weighted by Crippen LogP contribution is 2.45. The normalized spacial score (nSPS) is 16.6. The minimum absolute atomic E-state index is 0.00325. The number of fused-ring (bicyclic) bond motifs is 1. The molecule has 0 radical (unpaired) electrons. The van der Waals surface area contributed by atoms with Gasteiger partial charge in [-0.15, -0.1) is 0 Å². The number of anilines is 1. The van der Waals surface area contributed by atoms with E-state index >= 15 is 0 Å². The fourth-order valence-corrected chi connectivity index (χ4v) is 6.06. The van der Waals surface area contributed by atoms with Crippen LogP contribution in [0, 0.1) is 20.8 Å². The van der Waals surface area contributed by atoms with E-state index in [2.05, 4.69) is 6.58 Å². The molecular formula is C31H28N2O5S. The number of ether oxygens (including phenoxy) is 2. The highest BCUT2D eigenvalue weighted by molar-refractivity contribution is 7.22. The van der Waals surface area contributed by atoms with Crippen molar-refractivity contribution in [1.82, 2.24) is 4.98 Å². The summed E-state index contributed by atoms with van der Waals surface area (Å²) in [6.45, 7) is 9.84. The summed E-state index contributed by atoms with van der Waals surface area (Å²) >= 11 is 1.34. The van der Waals surface area contributed by atoms with E-state index < -0.39 is 17.7 Å². The van der Waals surface area contributed by atoms with Gasteiger partial charge in [0.15, 0.2) is 5.13 Å². The Balaban J connectivity index is 1.70. The predicted octanol–water partition coefficient (Wildman–Crippen LogP) is 6.42. The molecule has 2 heterocycles. The maximum absolute atomic E-state index is 13.6. The second kappa shape index (κ2) is 10.4. The maximum atomic E-state index is 13.6. The molecule has 39 heavy (non-hydrogen) atoms. The predicted molar refractivity (Wildman–Crippen MR) is 154 cm³/mol. The number of methoxy groups -OCH3 is 1. The molecule has 198 valence electrons. The number of aliphatic hydroxyl groups is 1.